The van der Waals surface area contributed by atoms with E-state index in [-0.39, 0.29) is 18.4 Å². The van der Waals surface area contributed by atoms with Crippen LogP contribution >= 0.6 is 11.3 Å². The molecule has 0 amide bonds. The highest BCUT2D eigenvalue weighted by Gasteiger charge is 2.34. The van der Waals surface area contributed by atoms with E-state index >= 15 is 0 Å². The Morgan fingerprint density at radius 1 is 1.12 bits per heavy atom. The fourth-order valence-electron chi connectivity index (χ4n) is 4.60. The average molecular weight is 450 g/mol. The smallest absolute Gasteiger partial charge is 0.123 e. The molecular formula is C26H31N3O2S. The predicted octanol–water partition coefficient (Wildman–Crippen LogP) is 4.68. The number of rotatable bonds is 7. The molecule has 2 aromatic carbocycles. The van der Waals surface area contributed by atoms with E-state index in [0.29, 0.717) is 17.8 Å². The van der Waals surface area contributed by atoms with E-state index < -0.39 is 0 Å². The number of phenols is 1. The molecule has 2 heterocycles. The Morgan fingerprint density at radius 2 is 1.91 bits per heavy atom. The van der Waals surface area contributed by atoms with Crippen LogP contribution in [-0.4, -0.2) is 56.7 Å². The number of aliphatic hydroxyl groups excluding tert-OH is 1. The van der Waals surface area contributed by atoms with Crippen LogP contribution in [0.25, 0.3) is 10.6 Å². The minimum absolute atomic E-state index is 0.0396. The van der Waals surface area contributed by atoms with Gasteiger partial charge in [0.15, 0.2) is 0 Å². The second-order valence-electron chi connectivity index (χ2n) is 8.56. The summed E-state index contributed by atoms with van der Waals surface area (Å²) in [5.41, 5.74) is 4.03. The molecule has 0 unspecified atom stereocenters. The molecule has 0 bridgehead atoms. The molecule has 168 valence electrons. The first-order valence-electron chi connectivity index (χ1n) is 11.1. The number of phenolic OH excluding ortho intramolecular Hbond substituents is 1. The van der Waals surface area contributed by atoms with Gasteiger partial charge in [-0.1, -0.05) is 42.5 Å². The maximum absolute atomic E-state index is 10.2. The first kappa shape index (κ1) is 22.7. The third-order valence-corrected chi connectivity index (χ3v) is 7.17. The molecule has 0 spiro atoms. The van der Waals surface area contributed by atoms with Crippen LogP contribution in [0.2, 0.25) is 0 Å². The van der Waals surface area contributed by atoms with E-state index in [4.69, 9.17) is 0 Å². The van der Waals surface area contributed by atoms with Gasteiger partial charge < -0.3 is 10.2 Å². The number of benzene rings is 2. The van der Waals surface area contributed by atoms with E-state index in [2.05, 4.69) is 65.5 Å². The van der Waals surface area contributed by atoms with E-state index in [1.807, 2.05) is 23.6 Å². The fraction of sp³-hybridized carbons (Fsp3) is 0.346. The molecule has 1 aliphatic heterocycles. The third-order valence-electron chi connectivity index (χ3n) is 6.23. The van der Waals surface area contributed by atoms with Crippen molar-refractivity contribution >= 4 is 11.3 Å². The summed E-state index contributed by atoms with van der Waals surface area (Å²) in [6.07, 6.45) is 1.98. The molecule has 3 atom stereocenters. The van der Waals surface area contributed by atoms with E-state index in [0.717, 1.165) is 35.8 Å². The predicted molar refractivity (Wildman–Crippen MR) is 131 cm³/mol. The van der Waals surface area contributed by atoms with Gasteiger partial charge in [0, 0.05) is 42.7 Å². The van der Waals surface area contributed by atoms with Crippen molar-refractivity contribution in [2.24, 2.45) is 0 Å². The number of aliphatic hydroxyl groups is 1. The van der Waals surface area contributed by atoms with E-state index in [9.17, 15) is 10.2 Å². The molecule has 1 fully saturated rings. The largest absolute Gasteiger partial charge is 0.508 e. The minimum Gasteiger partial charge on any atom is -0.508 e. The lowest BCUT2D eigenvalue weighted by Gasteiger charge is -2.47. The van der Waals surface area contributed by atoms with Crippen molar-refractivity contribution in [2.75, 3.05) is 19.6 Å². The molecule has 5 nitrogen and oxygen atoms in total. The molecule has 4 rings (SSSR count). The summed E-state index contributed by atoms with van der Waals surface area (Å²) in [5.74, 6) is 0.287. The number of hydrogen-bond donors (Lipinski definition) is 2. The van der Waals surface area contributed by atoms with Crippen LogP contribution in [0.4, 0.5) is 0 Å². The van der Waals surface area contributed by atoms with Gasteiger partial charge in [0.05, 0.1) is 18.3 Å². The molecule has 32 heavy (non-hydrogen) atoms. The number of aromatic hydroxyl groups is 1. The highest BCUT2D eigenvalue weighted by Crippen LogP contribution is 2.35. The molecule has 0 saturated carbocycles. The monoisotopic (exact) mass is 449 g/mol. The van der Waals surface area contributed by atoms with Gasteiger partial charge in [-0.15, -0.1) is 17.9 Å². The van der Waals surface area contributed by atoms with Gasteiger partial charge >= 0.3 is 0 Å². The van der Waals surface area contributed by atoms with Gasteiger partial charge in [-0.2, -0.15) is 0 Å². The first-order chi connectivity index (χ1) is 15.5. The summed E-state index contributed by atoms with van der Waals surface area (Å²) < 4.78 is 0. The van der Waals surface area contributed by atoms with Crippen molar-refractivity contribution in [1.82, 2.24) is 14.8 Å². The Morgan fingerprint density at radius 3 is 2.56 bits per heavy atom. The standard InChI is InChI=1S/C26H31N3O2S/c1-4-12-28-14-19(3)29(15-18(28)2)25(22-6-5-7-24(31)13-22)20-8-10-21(11-9-20)26-27-23(16-30)17-32-26/h4-11,13,17-19,25,30-31H,1,12,14-16H2,2-3H3/t18-,19+,25-/m1/s1. The van der Waals surface area contributed by atoms with Crippen LogP contribution in [0.15, 0.2) is 66.6 Å². The molecular weight excluding hydrogens is 418 g/mol. The molecule has 6 heteroatoms. The Balaban J connectivity index is 1.68. The van der Waals surface area contributed by atoms with Gasteiger partial charge in [-0.3, -0.25) is 9.80 Å². The third kappa shape index (κ3) is 4.79. The van der Waals surface area contributed by atoms with Crippen LogP contribution in [0.1, 0.15) is 36.7 Å². The molecule has 1 saturated heterocycles. The molecule has 1 aliphatic rings. The maximum Gasteiger partial charge on any atom is 0.123 e. The van der Waals surface area contributed by atoms with E-state index in [1.54, 1.807) is 17.4 Å². The topological polar surface area (TPSA) is 59.8 Å². The lowest BCUT2D eigenvalue weighted by molar-refractivity contribution is 0.0306. The summed E-state index contributed by atoms with van der Waals surface area (Å²) >= 11 is 1.55. The van der Waals surface area contributed by atoms with Crippen LogP contribution in [0, 0.1) is 0 Å². The number of piperazine rings is 1. The van der Waals surface area contributed by atoms with Gasteiger partial charge in [0.1, 0.15) is 10.8 Å². The highest BCUT2D eigenvalue weighted by molar-refractivity contribution is 7.13. The van der Waals surface area contributed by atoms with Crippen molar-refractivity contribution in [3.63, 3.8) is 0 Å². The fourth-order valence-corrected chi connectivity index (χ4v) is 5.41. The van der Waals surface area contributed by atoms with Crippen LogP contribution in [-0.2, 0) is 6.61 Å². The zero-order chi connectivity index (χ0) is 22.7. The van der Waals surface area contributed by atoms with Crippen LogP contribution in [0.5, 0.6) is 5.75 Å². The SMILES string of the molecule is C=CCN1C[C@H](C)N([C@H](c2ccc(-c3nc(CO)cs3)cc2)c2cccc(O)c2)C[C@H]1C. The molecule has 2 N–H and O–H groups in total. The quantitative estimate of drug-likeness (QED) is 0.513. The molecule has 1 aromatic heterocycles. The first-order valence-corrected chi connectivity index (χ1v) is 11.9. The summed E-state index contributed by atoms with van der Waals surface area (Å²) in [5, 5.41) is 22.3. The Bertz CT molecular complexity index is 1050. The number of aromatic nitrogens is 1. The molecule has 0 radical (unpaired) electrons. The van der Waals surface area contributed by atoms with Crippen LogP contribution < -0.4 is 0 Å². The molecule has 0 aliphatic carbocycles. The lowest BCUT2D eigenvalue weighted by atomic mass is 9.93. The summed E-state index contributed by atoms with van der Waals surface area (Å²) in [6, 6.07) is 17.0. The van der Waals surface area contributed by atoms with Gasteiger partial charge in [-0.05, 0) is 37.1 Å². The average Bonchev–Trinajstić information content (AvgIpc) is 3.27. The van der Waals surface area contributed by atoms with E-state index in [1.165, 1.54) is 5.56 Å². The van der Waals surface area contributed by atoms with Gasteiger partial charge in [0.2, 0.25) is 0 Å². The summed E-state index contributed by atoms with van der Waals surface area (Å²) in [4.78, 5) is 9.51. The number of thiazole rings is 1. The second kappa shape index (κ2) is 9.96. The van der Waals surface area contributed by atoms with Crippen molar-refractivity contribution in [1.29, 1.82) is 0 Å². The Labute approximate surface area is 194 Å². The Kier molecular flexibility index (Phi) is 7.06. The van der Waals surface area contributed by atoms with Gasteiger partial charge in [-0.25, -0.2) is 4.98 Å². The highest BCUT2D eigenvalue weighted by atomic mass is 32.1. The summed E-state index contributed by atoms with van der Waals surface area (Å²) in [6.45, 7) is 11.2. The number of hydrogen-bond acceptors (Lipinski definition) is 6. The van der Waals surface area contributed by atoms with Crippen molar-refractivity contribution in [3.8, 4) is 16.3 Å². The van der Waals surface area contributed by atoms with Crippen LogP contribution in [0.3, 0.4) is 0 Å². The summed E-state index contributed by atoms with van der Waals surface area (Å²) in [7, 11) is 0. The maximum atomic E-state index is 10.2. The zero-order valence-corrected chi connectivity index (χ0v) is 19.5. The van der Waals surface area contributed by atoms with Gasteiger partial charge in [0.25, 0.3) is 0 Å². The lowest BCUT2D eigenvalue weighted by Crippen LogP contribution is -2.57. The Hall–Kier alpha value is -2.51. The zero-order valence-electron chi connectivity index (χ0n) is 18.7. The van der Waals surface area contributed by atoms with Crippen molar-refractivity contribution in [2.45, 2.75) is 38.6 Å². The second-order valence-corrected chi connectivity index (χ2v) is 9.42. The minimum atomic E-state index is -0.0396. The van der Waals surface area contributed by atoms with Crippen molar-refractivity contribution < 1.29 is 10.2 Å². The molecule has 3 aromatic rings. The van der Waals surface area contributed by atoms with Crippen molar-refractivity contribution in [3.05, 3.63) is 83.4 Å². The number of nitrogens with zero attached hydrogens (tertiary/aromatic N) is 3. The normalized spacial score (nSPS) is 20.8.